The number of aromatic amines is 2. The summed E-state index contributed by atoms with van der Waals surface area (Å²) < 4.78 is 1.63. The van der Waals surface area contributed by atoms with Crippen molar-refractivity contribution in [3.63, 3.8) is 0 Å². The molecule has 0 saturated heterocycles. The fraction of sp³-hybridized carbons (Fsp3) is 0.353. The van der Waals surface area contributed by atoms with Gasteiger partial charge in [-0.25, -0.2) is 9.58 Å². The molecule has 1 aliphatic rings. The molecule has 0 bridgehead atoms. The van der Waals surface area contributed by atoms with Crippen molar-refractivity contribution in [3.05, 3.63) is 82.8 Å². The zero-order chi connectivity index (χ0) is 31.0. The van der Waals surface area contributed by atoms with Gasteiger partial charge in [-0.2, -0.15) is 5.10 Å². The Morgan fingerprint density at radius 1 is 0.977 bits per heavy atom. The van der Waals surface area contributed by atoms with Gasteiger partial charge in [0.25, 0.3) is 11.5 Å². The van der Waals surface area contributed by atoms with Crippen molar-refractivity contribution >= 4 is 39.3 Å². The van der Waals surface area contributed by atoms with E-state index in [1.807, 2.05) is 62.4 Å². The third kappa shape index (κ3) is 5.70. The van der Waals surface area contributed by atoms with Gasteiger partial charge in [-0.15, -0.1) is 0 Å². The molecular formula is C34H39N7O3. The first-order chi connectivity index (χ1) is 21.2. The van der Waals surface area contributed by atoms with Crippen LogP contribution in [0.5, 0.6) is 0 Å². The summed E-state index contributed by atoms with van der Waals surface area (Å²) in [6.07, 6.45) is 5.14. The number of carbonyl (C=O) groups excluding carboxylic acids is 2. The Labute approximate surface area is 255 Å². The first kappa shape index (κ1) is 29.5. The molecule has 0 spiro atoms. The van der Waals surface area contributed by atoms with Crippen molar-refractivity contribution in [2.75, 3.05) is 11.4 Å². The molecule has 0 radical (unpaired) electrons. The number of fused-ring (bicyclic) bond motifs is 2. The third-order valence-electron chi connectivity index (χ3n) is 8.94. The lowest BCUT2D eigenvalue weighted by atomic mass is 9.81. The summed E-state index contributed by atoms with van der Waals surface area (Å²) >= 11 is 0. The SMILES string of the molecule is CC(C)n1[nH]c2cc(-c3ccc(C[C@H](N)C(=O)N(C(=O)C4CCC(CN)CC4)c4ccc5cn[nH]c5c4)cc3)ccc2c1=O. The number of carbonyl (C=O) groups is 2. The molecular weight excluding hydrogens is 554 g/mol. The van der Waals surface area contributed by atoms with Crippen LogP contribution in [0, 0.1) is 11.8 Å². The lowest BCUT2D eigenvalue weighted by molar-refractivity contribution is -0.130. The summed E-state index contributed by atoms with van der Waals surface area (Å²) in [5, 5.41) is 11.8. The number of benzene rings is 3. The Hall–Kier alpha value is -4.54. The van der Waals surface area contributed by atoms with Gasteiger partial charge in [0.1, 0.15) is 0 Å². The third-order valence-corrected chi connectivity index (χ3v) is 8.94. The minimum absolute atomic E-state index is 0.0317. The van der Waals surface area contributed by atoms with E-state index < -0.39 is 11.9 Å². The van der Waals surface area contributed by atoms with Crippen molar-refractivity contribution in [1.29, 1.82) is 0 Å². The van der Waals surface area contributed by atoms with Crippen LogP contribution in [-0.4, -0.2) is 44.4 Å². The van der Waals surface area contributed by atoms with Crippen molar-refractivity contribution in [1.82, 2.24) is 20.0 Å². The first-order valence-corrected chi connectivity index (χ1v) is 15.3. The Morgan fingerprint density at radius 2 is 1.70 bits per heavy atom. The molecule has 2 amide bonds. The minimum atomic E-state index is -0.917. The molecule has 1 atom stereocenters. The van der Waals surface area contributed by atoms with Crippen LogP contribution < -0.4 is 21.9 Å². The highest BCUT2D eigenvalue weighted by atomic mass is 16.2. The highest BCUT2D eigenvalue weighted by Crippen LogP contribution is 2.32. The van der Waals surface area contributed by atoms with Gasteiger partial charge in [-0.3, -0.25) is 24.6 Å². The van der Waals surface area contributed by atoms with E-state index in [4.69, 9.17) is 11.5 Å². The van der Waals surface area contributed by atoms with Gasteiger partial charge in [0.15, 0.2) is 0 Å². The van der Waals surface area contributed by atoms with E-state index in [0.717, 1.165) is 46.0 Å². The molecule has 0 aliphatic heterocycles. The fourth-order valence-electron chi connectivity index (χ4n) is 6.27. The number of anilines is 1. The van der Waals surface area contributed by atoms with E-state index in [1.54, 1.807) is 23.0 Å². The summed E-state index contributed by atoms with van der Waals surface area (Å²) in [5.41, 5.74) is 17.2. The van der Waals surface area contributed by atoms with E-state index in [2.05, 4.69) is 15.3 Å². The van der Waals surface area contributed by atoms with Crippen LogP contribution in [0.4, 0.5) is 5.69 Å². The molecule has 6 N–H and O–H groups in total. The van der Waals surface area contributed by atoms with Gasteiger partial charge in [0, 0.05) is 17.3 Å². The lowest BCUT2D eigenvalue weighted by Crippen LogP contribution is -2.50. The molecule has 2 aromatic heterocycles. The smallest absolute Gasteiger partial charge is 0.274 e. The summed E-state index contributed by atoms with van der Waals surface area (Å²) in [4.78, 5) is 41.7. The number of hydrogen-bond acceptors (Lipinski definition) is 6. The summed E-state index contributed by atoms with van der Waals surface area (Å²) in [5.74, 6) is -0.478. The molecule has 1 saturated carbocycles. The van der Waals surface area contributed by atoms with E-state index in [9.17, 15) is 14.4 Å². The van der Waals surface area contributed by atoms with Crippen LogP contribution in [0.1, 0.15) is 51.1 Å². The number of imide groups is 1. The summed E-state index contributed by atoms with van der Waals surface area (Å²) in [6.45, 7) is 4.54. The summed E-state index contributed by atoms with van der Waals surface area (Å²) in [7, 11) is 0. The van der Waals surface area contributed by atoms with Crippen molar-refractivity contribution in [2.24, 2.45) is 23.3 Å². The van der Waals surface area contributed by atoms with Crippen molar-refractivity contribution in [3.8, 4) is 11.1 Å². The van der Waals surface area contributed by atoms with Gasteiger partial charge in [-0.1, -0.05) is 30.3 Å². The van der Waals surface area contributed by atoms with Crippen LogP contribution in [0.25, 0.3) is 32.9 Å². The van der Waals surface area contributed by atoms with Crippen molar-refractivity contribution < 1.29 is 9.59 Å². The molecule has 5 aromatic rings. The molecule has 1 aliphatic carbocycles. The Morgan fingerprint density at radius 3 is 2.41 bits per heavy atom. The van der Waals surface area contributed by atoms with E-state index >= 15 is 0 Å². The predicted octanol–water partition coefficient (Wildman–Crippen LogP) is 4.65. The van der Waals surface area contributed by atoms with Gasteiger partial charge in [0.05, 0.1) is 34.3 Å². The number of amides is 2. The molecule has 228 valence electrons. The molecule has 10 heteroatoms. The summed E-state index contributed by atoms with van der Waals surface area (Å²) in [6, 6.07) is 18.2. The number of rotatable bonds is 8. The number of nitrogens with two attached hydrogens (primary N) is 2. The maximum absolute atomic E-state index is 13.9. The number of hydrogen-bond donors (Lipinski definition) is 4. The minimum Gasteiger partial charge on any atom is -0.330 e. The Balaban J connectivity index is 1.21. The molecule has 44 heavy (non-hydrogen) atoms. The number of nitrogens with one attached hydrogen (secondary N) is 2. The standard InChI is InChI=1S/C34H39N7O3/c1-20(2)41-33(43)28-14-12-25(16-31(28)39-41)23-7-3-21(4-8-23)15-29(36)34(44)40(27-13-11-26-19-37-38-30(26)17-27)32(42)24-9-5-22(18-35)6-10-24/h3-4,7-8,11-14,16-17,19-20,22,24,29,39H,5-6,9-10,15,18,35-36H2,1-2H3,(H,37,38)/t22?,24?,29-/m0/s1. The van der Waals surface area contributed by atoms with Gasteiger partial charge < -0.3 is 11.5 Å². The maximum atomic E-state index is 13.9. The van der Waals surface area contributed by atoms with Crippen LogP contribution in [-0.2, 0) is 16.0 Å². The fourth-order valence-corrected chi connectivity index (χ4v) is 6.27. The highest BCUT2D eigenvalue weighted by molar-refractivity contribution is 6.17. The second-order valence-electron chi connectivity index (χ2n) is 12.3. The van der Waals surface area contributed by atoms with Gasteiger partial charge in [0.2, 0.25) is 5.91 Å². The molecule has 10 nitrogen and oxygen atoms in total. The van der Waals surface area contributed by atoms with E-state index in [1.165, 1.54) is 4.90 Å². The molecule has 0 unspecified atom stereocenters. The molecule has 3 aromatic carbocycles. The molecule has 6 rings (SSSR count). The molecule has 1 fully saturated rings. The number of nitrogens with zero attached hydrogens (tertiary/aromatic N) is 3. The number of H-pyrrole nitrogens is 2. The van der Waals surface area contributed by atoms with Crippen LogP contribution in [0.2, 0.25) is 0 Å². The Bertz CT molecular complexity index is 1860. The monoisotopic (exact) mass is 593 g/mol. The van der Waals surface area contributed by atoms with E-state index in [-0.39, 0.29) is 29.8 Å². The number of aromatic nitrogens is 4. The quantitative estimate of drug-likeness (QED) is 0.205. The maximum Gasteiger partial charge on any atom is 0.274 e. The zero-order valence-corrected chi connectivity index (χ0v) is 25.1. The largest absolute Gasteiger partial charge is 0.330 e. The van der Waals surface area contributed by atoms with Crippen LogP contribution >= 0.6 is 0 Å². The second kappa shape index (κ2) is 12.2. The van der Waals surface area contributed by atoms with Crippen LogP contribution in [0.3, 0.4) is 0 Å². The second-order valence-corrected chi connectivity index (χ2v) is 12.3. The average molecular weight is 594 g/mol. The van der Waals surface area contributed by atoms with Crippen LogP contribution in [0.15, 0.2) is 71.7 Å². The average Bonchev–Trinajstić information content (AvgIpc) is 3.65. The van der Waals surface area contributed by atoms with Gasteiger partial charge in [-0.05, 0) is 105 Å². The predicted molar refractivity (Wildman–Crippen MR) is 173 cm³/mol. The van der Waals surface area contributed by atoms with Crippen molar-refractivity contribution in [2.45, 2.75) is 58.0 Å². The Kier molecular flexibility index (Phi) is 8.20. The normalized spacial score (nSPS) is 17.8. The first-order valence-electron chi connectivity index (χ1n) is 15.3. The van der Waals surface area contributed by atoms with Gasteiger partial charge >= 0.3 is 0 Å². The van der Waals surface area contributed by atoms with E-state index in [0.29, 0.717) is 36.4 Å². The molecule has 2 heterocycles. The zero-order valence-electron chi connectivity index (χ0n) is 25.1. The highest BCUT2D eigenvalue weighted by Gasteiger charge is 2.35. The topological polar surface area (TPSA) is 156 Å². The lowest BCUT2D eigenvalue weighted by Gasteiger charge is -2.32.